The lowest BCUT2D eigenvalue weighted by Gasteiger charge is -2.07. The number of hydrogen-bond donors (Lipinski definition) is 1. The molecule has 0 aliphatic carbocycles. The van der Waals surface area contributed by atoms with Crippen LogP contribution >= 0.6 is 11.6 Å². The highest BCUT2D eigenvalue weighted by Gasteiger charge is 2.01. The van der Waals surface area contributed by atoms with E-state index in [0.29, 0.717) is 0 Å². The van der Waals surface area contributed by atoms with Gasteiger partial charge in [0.1, 0.15) is 11.6 Å². The summed E-state index contributed by atoms with van der Waals surface area (Å²) in [5.41, 5.74) is 1.02. The number of nitrogens with zero attached hydrogens (tertiary/aromatic N) is 3. The summed E-state index contributed by atoms with van der Waals surface area (Å²) in [7, 11) is 0. The zero-order valence-electron chi connectivity index (χ0n) is 9.94. The molecule has 0 spiro atoms. The van der Waals surface area contributed by atoms with Crippen molar-refractivity contribution in [2.75, 3.05) is 11.9 Å². The summed E-state index contributed by atoms with van der Waals surface area (Å²) < 4.78 is 1.90. The molecule has 0 fully saturated rings. The maximum atomic E-state index is 5.90. The monoisotopic (exact) mass is 250 g/mol. The van der Waals surface area contributed by atoms with E-state index in [1.165, 1.54) is 0 Å². The maximum absolute atomic E-state index is 5.90. The van der Waals surface area contributed by atoms with Crippen LogP contribution in [0.25, 0.3) is 0 Å². The normalized spacial score (nSPS) is 10.5. The lowest BCUT2D eigenvalue weighted by Crippen LogP contribution is -2.12. The molecule has 4 nitrogen and oxygen atoms in total. The molecule has 17 heavy (non-hydrogen) atoms. The molecule has 90 valence electrons. The number of rotatable bonds is 4. The van der Waals surface area contributed by atoms with E-state index in [9.17, 15) is 0 Å². The maximum Gasteiger partial charge on any atom is 0.147 e. The molecule has 1 aromatic heterocycles. The molecule has 0 unspecified atom stereocenters. The zero-order chi connectivity index (χ0) is 12.3. The first-order chi connectivity index (χ1) is 8.15. The van der Waals surface area contributed by atoms with Gasteiger partial charge < -0.3 is 5.32 Å². The molecule has 0 atom stereocenters. The van der Waals surface area contributed by atoms with Crippen molar-refractivity contribution < 1.29 is 0 Å². The van der Waals surface area contributed by atoms with Crippen molar-refractivity contribution in [1.82, 2.24) is 14.8 Å². The van der Waals surface area contributed by atoms with Crippen molar-refractivity contribution in [1.29, 1.82) is 0 Å². The van der Waals surface area contributed by atoms with Crippen molar-refractivity contribution in [2.24, 2.45) is 0 Å². The van der Waals surface area contributed by atoms with E-state index in [-0.39, 0.29) is 0 Å². The van der Waals surface area contributed by atoms with E-state index in [1.54, 1.807) is 0 Å². The molecule has 0 aliphatic heterocycles. The van der Waals surface area contributed by atoms with Gasteiger partial charge in [-0.2, -0.15) is 5.10 Å². The Kier molecular flexibility index (Phi) is 3.64. The lowest BCUT2D eigenvalue weighted by molar-refractivity contribution is 0.612. The van der Waals surface area contributed by atoms with Crippen LogP contribution in [0, 0.1) is 13.8 Å². The second-order valence-electron chi connectivity index (χ2n) is 3.87. The Balaban J connectivity index is 1.89. The smallest absolute Gasteiger partial charge is 0.147 e. The molecule has 2 rings (SSSR count). The van der Waals surface area contributed by atoms with Crippen LogP contribution in [0.2, 0.25) is 5.02 Å². The van der Waals surface area contributed by atoms with Crippen LogP contribution in [0.1, 0.15) is 11.6 Å². The minimum atomic E-state index is 0.739. The van der Waals surface area contributed by atoms with Crippen LogP contribution in [0.5, 0.6) is 0 Å². The topological polar surface area (TPSA) is 42.7 Å². The van der Waals surface area contributed by atoms with Crippen LogP contribution < -0.4 is 5.32 Å². The largest absolute Gasteiger partial charge is 0.383 e. The first-order valence-electron chi connectivity index (χ1n) is 5.52. The highest BCUT2D eigenvalue weighted by Crippen LogP contribution is 2.14. The third-order valence-electron chi connectivity index (χ3n) is 2.44. The number of nitrogens with one attached hydrogen (secondary N) is 1. The minimum absolute atomic E-state index is 0.739. The molecule has 0 amide bonds. The third-order valence-corrected chi connectivity index (χ3v) is 2.68. The van der Waals surface area contributed by atoms with Crippen molar-refractivity contribution >= 4 is 17.3 Å². The second-order valence-corrected chi connectivity index (χ2v) is 4.30. The first-order valence-corrected chi connectivity index (χ1v) is 5.90. The number of aromatic nitrogens is 3. The molecule has 2 aromatic rings. The Labute approximate surface area is 106 Å². The number of anilines is 1. The fourth-order valence-electron chi connectivity index (χ4n) is 1.68. The Morgan fingerprint density at radius 2 is 2.18 bits per heavy atom. The molecule has 0 saturated carbocycles. The Hall–Kier alpha value is -1.55. The van der Waals surface area contributed by atoms with E-state index >= 15 is 0 Å². The van der Waals surface area contributed by atoms with Crippen LogP contribution in [0.15, 0.2) is 24.3 Å². The predicted molar refractivity (Wildman–Crippen MR) is 69.4 cm³/mol. The summed E-state index contributed by atoms with van der Waals surface area (Å²) in [6.07, 6.45) is 0. The van der Waals surface area contributed by atoms with Gasteiger partial charge in [0.25, 0.3) is 0 Å². The van der Waals surface area contributed by atoms with E-state index in [0.717, 1.165) is 35.4 Å². The number of hydrogen-bond acceptors (Lipinski definition) is 3. The SMILES string of the molecule is Cc1nc(C)n(CCNc2cccc(Cl)c2)n1. The number of halogens is 1. The summed E-state index contributed by atoms with van der Waals surface area (Å²) >= 11 is 5.90. The molecule has 5 heteroatoms. The van der Waals surface area contributed by atoms with Crippen molar-refractivity contribution in [2.45, 2.75) is 20.4 Å². The van der Waals surface area contributed by atoms with Crippen molar-refractivity contribution in [3.05, 3.63) is 40.9 Å². The summed E-state index contributed by atoms with van der Waals surface area (Å²) in [6, 6.07) is 7.68. The first kappa shape index (κ1) is 11.9. The van der Waals surface area contributed by atoms with Crippen LogP contribution in [-0.2, 0) is 6.54 Å². The fourth-order valence-corrected chi connectivity index (χ4v) is 1.87. The van der Waals surface area contributed by atoms with Crippen molar-refractivity contribution in [3.63, 3.8) is 0 Å². The van der Waals surface area contributed by atoms with E-state index in [4.69, 9.17) is 11.6 Å². The Morgan fingerprint density at radius 1 is 1.35 bits per heavy atom. The molecule has 0 bridgehead atoms. The van der Waals surface area contributed by atoms with Gasteiger partial charge in [-0.1, -0.05) is 17.7 Å². The molecule has 0 aliphatic rings. The minimum Gasteiger partial charge on any atom is -0.383 e. The highest BCUT2D eigenvalue weighted by atomic mass is 35.5. The number of aryl methyl sites for hydroxylation is 2. The quantitative estimate of drug-likeness (QED) is 0.907. The van der Waals surface area contributed by atoms with Gasteiger partial charge in [-0.3, -0.25) is 0 Å². The third kappa shape index (κ3) is 3.20. The van der Waals surface area contributed by atoms with Crippen LogP contribution in [0.4, 0.5) is 5.69 Å². The van der Waals surface area contributed by atoms with Gasteiger partial charge in [0.15, 0.2) is 0 Å². The van der Waals surface area contributed by atoms with Gasteiger partial charge in [0.2, 0.25) is 0 Å². The van der Waals surface area contributed by atoms with E-state index < -0.39 is 0 Å². The van der Waals surface area contributed by atoms with Gasteiger partial charge in [-0.15, -0.1) is 0 Å². The summed E-state index contributed by atoms with van der Waals surface area (Å²) in [6.45, 7) is 5.44. The zero-order valence-corrected chi connectivity index (χ0v) is 10.7. The second kappa shape index (κ2) is 5.19. The van der Waals surface area contributed by atoms with Crippen LogP contribution in [-0.4, -0.2) is 21.3 Å². The fraction of sp³-hybridized carbons (Fsp3) is 0.333. The Morgan fingerprint density at radius 3 is 2.82 bits per heavy atom. The molecule has 1 aromatic carbocycles. The van der Waals surface area contributed by atoms with Gasteiger partial charge in [0.05, 0.1) is 6.54 Å². The van der Waals surface area contributed by atoms with E-state index in [1.807, 2.05) is 42.8 Å². The molecule has 0 saturated heterocycles. The van der Waals surface area contributed by atoms with Crippen LogP contribution in [0.3, 0.4) is 0 Å². The standard InChI is InChI=1S/C12H15ClN4/c1-9-15-10(2)17(16-9)7-6-14-12-5-3-4-11(13)8-12/h3-5,8,14H,6-7H2,1-2H3. The molecule has 1 heterocycles. The number of benzene rings is 1. The van der Waals surface area contributed by atoms with Crippen molar-refractivity contribution in [3.8, 4) is 0 Å². The lowest BCUT2D eigenvalue weighted by atomic mass is 10.3. The molecular formula is C12H15ClN4. The van der Waals surface area contributed by atoms with Gasteiger partial charge >= 0.3 is 0 Å². The summed E-state index contributed by atoms with van der Waals surface area (Å²) in [5.74, 6) is 1.75. The molecule has 1 N–H and O–H groups in total. The average Bonchev–Trinajstić information content (AvgIpc) is 2.58. The highest BCUT2D eigenvalue weighted by molar-refractivity contribution is 6.30. The average molecular weight is 251 g/mol. The van der Waals surface area contributed by atoms with Gasteiger partial charge in [0, 0.05) is 17.3 Å². The summed E-state index contributed by atoms with van der Waals surface area (Å²) in [5, 5.41) is 8.33. The predicted octanol–water partition coefficient (Wildman–Crippen LogP) is 2.66. The van der Waals surface area contributed by atoms with E-state index in [2.05, 4.69) is 15.4 Å². The molecule has 0 radical (unpaired) electrons. The van der Waals surface area contributed by atoms with Gasteiger partial charge in [-0.05, 0) is 32.0 Å². The molecular weight excluding hydrogens is 236 g/mol. The van der Waals surface area contributed by atoms with Gasteiger partial charge in [-0.25, -0.2) is 9.67 Å². The summed E-state index contributed by atoms with van der Waals surface area (Å²) in [4.78, 5) is 4.25. The Bertz CT molecular complexity index is 507.